The smallest absolute Gasteiger partial charge is 0.394 e. The summed E-state index contributed by atoms with van der Waals surface area (Å²) >= 11 is 8.30. The van der Waals surface area contributed by atoms with Crippen LogP contribution in [0.1, 0.15) is 38.1 Å². The second-order valence-corrected chi connectivity index (χ2v) is 11.9. The number of aliphatic hydroxyl groups is 1. The molecule has 186 valence electrons. The van der Waals surface area contributed by atoms with E-state index in [0.717, 1.165) is 17.0 Å². The van der Waals surface area contributed by atoms with Crippen LogP contribution in [0.5, 0.6) is 0 Å². The van der Waals surface area contributed by atoms with Crippen LogP contribution >= 0.6 is 42.5 Å². The molecular weight excluding hydrogens is 523 g/mol. The van der Waals surface area contributed by atoms with Crippen LogP contribution in [-0.4, -0.2) is 47.1 Å². The molecule has 0 saturated carbocycles. The third-order valence-corrected chi connectivity index (χ3v) is 7.31. The van der Waals surface area contributed by atoms with E-state index in [2.05, 4.69) is 24.8 Å². The number of nitrogens with one attached hydrogen (secondary N) is 2. The first kappa shape index (κ1) is 27.0. The van der Waals surface area contributed by atoms with Crippen molar-refractivity contribution in [3.63, 3.8) is 0 Å². The molecule has 0 amide bonds. The molecule has 5 N–H and O–H groups in total. The van der Waals surface area contributed by atoms with Crippen LogP contribution in [0, 0.1) is 11.3 Å². The average molecular weight is 549 g/mol. The number of nitrogens with zero attached hydrogens (tertiary/aromatic N) is 4. The SMILES string of the molecule is CC(C)C[C@H](CO)Nc1nc(SC(C)c2ccc(Cl)cn2)nc2c1sc(=N)n2COP(=O)(O)O. The van der Waals surface area contributed by atoms with Gasteiger partial charge in [-0.05, 0) is 31.4 Å². The summed E-state index contributed by atoms with van der Waals surface area (Å²) in [6.07, 6.45) is 2.25. The summed E-state index contributed by atoms with van der Waals surface area (Å²) in [4.78, 5) is 31.7. The highest BCUT2D eigenvalue weighted by atomic mass is 35.5. The van der Waals surface area contributed by atoms with Gasteiger partial charge in [-0.3, -0.25) is 19.5 Å². The minimum atomic E-state index is -4.75. The Morgan fingerprint density at radius 1 is 1.32 bits per heavy atom. The van der Waals surface area contributed by atoms with Crippen molar-refractivity contribution < 1.29 is 24.0 Å². The first-order chi connectivity index (χ1) is 16.0. The fraction of sp³-hybridized carbons (Fsp3) is 0.474. The summed E-state index contributed by atoms with van der Waals surface area (Å²) in [7, 11) is -4.75. The van der Waals surface area contributed by atoms with Crippen LogP contribution in [0.3, 0.4) is 0 Å². The van der Waals surface area contributed by atoms with Crippen molar-refractivity contribution >= 4 is 58.7 Å². The molecule has 3 rings (SSSR count). The molecule has 2 atom stereocenters. The Balaban J connectivity index is 2.03. The summed E-state index contributed by atoms with van der Waals surface area (Å²) < 4.78 is 17.6. The van der Waals surface area contributed by atoms with Gasteiger partial charge in [-0.1, -0.05) is 48.5 Å². The molecule has 0 bridgehead atoms. The van der Waals surface area contributed by atoms with E-state index < -0.39 is 14.6 Å². The fourth-order valence-electron chi connectivity index (χ4n) is 3.13. The molecule has 0 saturated heterocycles. The number of thioether (sulfide) groups is 1. The molecule has 1 unspecified atom stereocenters. The molecule has 15 heteroatoms. The van der Waals surface area contributed by atoms with Gasteiger partial charge in [0.15, 0.2) is 21.4 Å². The number of hydrogen-bond acceptors (Lipinski definition) is 10. The number of halogens is 1. The largest absolute Gasteiger partial charge is 0.471 e. The Labute approximate surface area is 209 Å². The first-order valence-corrected chi connectivity index (χ1v) is 13.9. The number of pyridine rings is 1. The minimum absolute atomic E-state index is 0.0141. The van der Waals surface area contributed by atoms with Crippen LogP contribution in [0.2, 0.25) is 5.02 Å². The van der Waals surface area contributed by atoms with Crippen LogP contribution in [0.4, 0.5) is 5.82 Å². The zero-order valence-electron chi connectivity index (χ0n) is 18.7. The molecule has 0 aliphatic heterocycles. The van der Waals surface area contributed by atoms with Crippen molar-refractivity contribution in [3.8, 4) is 0 Å². The third kappa shape index (κ3) is 7.22. The van der Waals surface area contributed by atoms with Gasteiger partial charge in [0, 0.05) is 6.20 Å². The molecule has 11 nitrogen and oxygen atoms in total. The predicted octanol–water partition coefficient (Wildman–Crippen LogP) is 3.76. The van der Waals surface area contributed by atoms with Crippen LogP contribution in [-0.2, 0) is 15.8 Å². The molecule has 0 fully saturated rings. The highest BCUT2D eigenvalue weighted by Gasteiger charge is 2.22. The molecule has 3 aromatic rings. The number of thiazole rings is 1. The van der Waals surface area contributed by atoms with Gasteiger partial charge in [0.1, 0.15) is 11.4 Å². The van der Waals surface area contributed by atoms with Gasteiger partial charge < -0.3 is 20.2 Å². The van der Waals surface area contributed by atoms with Gasteiger partial charge in [-0.25, -0.2) is 14.5 Å². The summed E-state index contributed by atoms with van der Waals surface area (Å²) in [5.74, 6) is 0.750. The first-order valence-electron chi connectivity index (χ1n) is 10.3. The lowest BCUT2D eigenvalue weighted by Gasteiger charge is -2.20. The Hall–Kier alpha value is -1.57. The maximum atomic E-state index is 11.2. The van der Waals surface area contributed by atoms with Crippen molar-refractivity contribution in [2.24, 2.45) is 5.92 Å². The number of fused-ring (bicyclic) bond motifs is 1. The van der Waals surface area contributed by atoms with Crippen LogP contribution < -0.4 is 10.1 Å². The second-order valence-electron chi connectivity index (χ2n) is 7.91. The minimum Gasteiger partial charge on any atom is -0.394 e. The maximum absolute atomic E-state index is 11.2. The summed E-state index contributed by atoms with van der Waals surface area (Å²) in [5, 5.41) is 22.1. The molecule has 34 heavy (non-hydrogen) atoms. The zero-order chi connectivity index (χ0) is 25.0. The molecule has 0 radical (unpaired) electrons. The van der Waals surface area contributed by atoms with Crippen molar-refractivity contribution in [2.45, 2.75) is 50.4 Å². The Kier molecular flexibility index (Phi) is 9.10. The molecule has 3 heterocycles. The quantitative estimate of drug-likeness (QED) is 0.135. The maximum Gasteiger partial charge on any atom is 0.471 e. The summed E-state index contributed by atoms with van der Waals surface area (Å²) in [5.41, 5.74) is 1.06. The topological polar surface area (TPSA) is 166 Å². The number of phosphoric acid groups is 1. The van der Waals surface area contributed by atoms with Crippen LogP contribution in [0.15, 0.2) is 23.5 Å². The van der Waals surface area contributed by atoms with E-state index >= 15 is 0 Å². The standard InChI is InChI=1S/C19H26ClN6O5PS2/c1-10(2)6-13(8-27)23-16-15-17(26(18(21)34-15)9-31-32(28,29)30)25-19(24-16)33-11(3)14-5-4-12(20)7-22-14/h4-5,7,10-11,13,21,27H,6,8-9H2,1-3H3,(H,23,24,25)(H2,28,29,30)/t11?,13-/m1/s1. The molecular formula is C19H26ClN6O5PS2. The van der Waals surface area contributed by atoms with Crippen molar-refractivity contribution in [2.75, 3.05) is 11.9 Å². The Bertz CT molecular complexity index is 1230. The second kappa shape index (κ2) is 11.4. The van der Waals surface area contributed by atoms with E-state index in [1.54, 1.807) is 12.3 Å². The third-order valence-electron chi connectivity index (χ3n) is 4.65. The fourth-order valence-corrected chi connectivity index (χ4v) is 5.26. The van der Waals surface area contributed by atoms with Gasteiger partial charge in [-0.2, -0.15) is 0 Å². The lowest BCUT2D eigenvalue weighted by molar-refractivity contribution is 0.154. The van der Waals surface area contributed by atoms with E-state index in [-0.39, 0.29) is 22.7 Å². The Morgan fingerprint density at radius 2 is 2.06 bits per heavy atom. The molecule has 0 aliphatic rings. The number of aliphatic hydroxyl groups excluding tert-OH is 1. The normalized spacial score (nSPS) is 14.0. The molecule has 3 aromatic heterocycles. The average Bonchev–Trinajstić information content (AvgIpc) is 3.06. The Morgan fingerprint density at radius 3 is 2.65 bits per heavy atom. The van der Waals surface area contributed by atoms with E-state index in [1.165, 1.54) is 16.3 Å². The molecule has 0 spiro atoms. The van der Waals surface area contributed by atoms with E-state index in [4.69, 9.17) is 26.8 Å². The summed E-state index contributed by atoms with van der Waals surface area (Å²) in [6.45, 7) is 5.36. The number of hydrogen-bond donors (Lipinski definition) is 5. The van der Waals surface area contributed by atoms with Gasteiger partial charge in [0.25, 0.3) is 0 Å². The predicted molar refractivity (Wildman–Crippen MR) is 132 cm³/mol. The zero-order valence-corrected chi connectivity index (χ0v) is 22.0. The number of phosphoric ester groups is 1. The van der Waals surface area contributed by atoms with Crippen molar-refractivity contribution in [1.29, 1.82) is 5.41 Å². The van der Waals surface area contributed by atoms with Crippen LogP contribution in [0.25, 0.3) is 10.3 Å². The lowest BCUT2D eigenvalue weighted by Crippen LogP contribution is -2.26. The summed E-state index contributed by atoms with van der Waals surface area (Å²) in [6, 6.07) is 3.28. The van der Waals surface area contributed by atoms with E-state index in [9.17, 15) is 9.67 Å². The van der Waals surface area contributed by atoms with Gasteiger partial charge in [-0.15, -0.1) is 0 Å². The number of anilines is 1. The van der Waals surface area contributed by atoms with Gasteiger partial charge in [0.05, 0.1) is 28.6 Å². The number of rotatable bonds is 11. The van der Waals surface area contributed by atoms with Crippen molar-refractivity contribution in [1.82, 2.24) is 19.5 Å². The highest BCUT2D eigenvalue weighted by Crippen LogP contribution is 2.38. The van der Waals surface area contributed by atoms with E-state index in [1.807, 2.05) is 26.8 Å². The lowest BCUT2D eigenvalue weighted by atomic mass is 10.0. The van der Waals surface area contributed by atoms with Crippen molar-refractivity contribution in [3.05, 3.63) is 33.8 Å². The van der Waals surface area contributed by atoms with Gasteiger partial charge in [0.2, 0.25) is 0 Å². The monoisotopic (exact) mass is 548 g/mol. The van der Waals surface area contributed by atoms with E-state index in [0.29, 0.717) is 38.7 Å². The highest BCUT2D eigenvalue weighted by molar-refractivity contribution is 7.99. The molecule has 0 aromatic carbocycles. The van der Waals surface area contributed by atoms with Gasteiger partial charge >= 0.3 is 7.82 Å². The number of aromatic nitrogens is 4. The molecule has 0 aliphatic carbocycles.